The minimum Gasteiger partial charge on any atom is -0.336 e. The van der Waals surface area contributed by atoms with Crippen molar-refractivity contribution in [2.75, 3.05) is 0 Å². The van der Waals surface area contributed by atoms with E-state index in [1.54, 1.807) is 24.1 Å². The number of nitrogens with zero attached hydrogens (tertiary/aromatic N) is 5. The number of aryl methyl sites for hydroxylation is 1. The maximum Gasteiger partial charge on any atom is 0.456 e. The number of carbonyl (C=O) groups excluding carboxylic acids is 1. The molecule has 2 aromatic heterocycles. The highest BCUT2D eigenvalue weighted by Gasteiger charge is 2.41. The fourth-order valence-corrected chi connectivity index (χ4v) is 1.33. The van der Waals surface area contributed by atoms with E-state index >= 15 is 0 Å². The number of alkyl halides is 3. The molecule has 18 heavy (non-hydrogen) atoms. The van der Waals surface area contributed by atoms with Gasteiger partial charge in [0.25, 0.3) is 5.78 Å². The Morgan fingerprint density at radius 1 is 1.44 bits per heavy atom. The molecule has 6 nitrogen and oxygen atoms in total. The first-order valence-corrected chi connectivity index (χ1v) is 4.85. The minimum atomic E-state index is -4.94. The van der Waals surface area contributed by atoms with Crippen LogP contribution in [0.2, 0.25) is 0 Å². The molecule has 2 aromatic rings. The van der Waals surface area contributed by atoms with E-state index in [4.69, 9.17) is 0 Å². The summed E-state index contributed by atoms with van der Waals surface area (Å²) in [4.78, 5) is 14.7. The van der Waals surface area contributed by atoms with Crippen LogP contribution >= 0.6 is 0 Å². The van der Waals surface area contributed by atoms with Gasteiger partial charge in [-0.25, -0.2) is 9.67 Å². The zero-order valence-corrected chi connectivity index (χ0v) is 9.22. The highest BCUT2D eigenvalue weighted by molar-refractivity contribution is 5.98. The minimum absolute atomic E-state index is 0.189. The normalized spacial score (nSPS) is 11.8. The average molecular weight is 259 g/mol. The van der Waals surface area contributed by atoms with Gasteiger partial charge in [-0.15, -0.1) is 5.10 Å². The van der Waals surface area contributed by atoms with Crippen LogP contribution < -0.4 is 0 Å². The monoisotopic (exact) mass is 259 g/mol. The summed E-state index contributed by atoms with van der Waals surface area (Å²) in [6.45, 7) is 0.189. The number of Topliss-reactive ketones (excluding diaryl/α,β-unsaturated/α-hetero) is 1. The van der Waals surface area contributed by atoms with Gasteiger partial charge < -0.3 is 4.57 Å². The predicted octanol–water partition coefficient (Wildman–Crippen LogP) is 0.805. The average Bonchev–Trinajstić information content (AvgIpc) is 2.87. The highest BCUT2D eigenvalue weighted by Crippen LogP contribution is 2.19. The first kappa shape index (κ1) is 12.3. The topological polar surface area (TPSA) is 65.6 Å². The Labute approximate surface area is 99.0 Å². The summed E-state index contributed by atoms with van der Waals surface area (Å²) < 4.78 is 39.3. The number of carbonyl (C=O) groups is 1. The summed E-state index contributed by atoms with van der Waals surface area (Å²) in [5.74, 6) is -2.00. The third-order valence-electron chi connectivity index (χ3n) is 2.27. The molecule has 0 aliphatic rings. The Bertz CT molecular complexity index is 571. The van der Waals surface area contributed by atoms with Gasteiger partial charge in [0.2, 0.25) is 0 Å². The Balaban J connectivity index is 2.17. The van der Waals surface area contributed by atoms with Gasteiger partial charge in [0.1, 0.15) is 0 Å². The fraction of sp³-hybridized carbons (Fsp3) is 0.333. The predicted molar refractivity (Wildman–Crippen MR) is 52.7 cm³/mol. The van der Waals surface area contributed by atoms with Gasteiger partial charge in [-0.1, -0.05) is 5.21 Å². The summed E-state index contributed by atoms with van der Waals surface area (Å²) in [6.07, 6.45) is -0.878. The molecule has 0 radical (unpaired) electrons. The number of imidazole rings is 1. The number of rotatable bonds is 3. The Kier molecular flexibility index (Phi) is 2.89. The molecule has 0 aliphatic carbocycles. The van der Waals surface area contributed by atoms with Crippen LogP contribution in [0.25, 0.3) is 0 Å². The van der Waals surface area contributed by atoms with Gasteiger partial charge in [0.05, 0.1) is 31.0 Å². The molecule has 2 rings (SSSR count). The van der Waals surface area contributed by atoms with Crippen molar-refractivity contribution in [2.45, 2.75) is 12.7 Å². The third kappa shape index (κ3) is 2.39. The maximum atomic E-state index is 12.1. The lowest BCUT2D eigenvalue weighted by Gasteiger charge is -2.01. The van der Waals surface area contributed by atoms with Gasteiger partial charge in [-0.2, -0.15) is 13.2 Å². The third-order valence-corrected chi connectivity index (χ3v) is 2.27. The van der Waals surface area contributed by atoms with Gasteiger partial charge in [-0.05, 0) is 0 Å². The second-order valence-electron chi connectivity index (χ2n) is 3.62. The summed E-state index contributed by atoms with van der Waals surface area (Å²) in [6, 6.07) is 0. The number of halogens is 3. The molecule has 0 N–H and O–H groups in total. The van der Waals surface area contributed by atoms with Crippen LogP contribution in [0.3, 0.4) is 0 Å². The number of hydrogen-bond acceptors (Lipinski definition) is 4. The van der Waals surface area contributed by atoms with Crippen LogP contribution in [0, 0.1) is 0 Å². The van der Waals surface area contributed by atoms with E-state index in [-0.39, 0.29) is 6.54 Å². The van der Waals surface area contributed by atoms with Gasteiger partial charge in [0.15, 0.2) is 5.69 Å². The summed E-state index contributed by atoms with van der Waals surface area (Å²) in [7, 11) is 1.74. The van der Waals surface area contributed by atoms with E-state index in [9.17, 15) is 18.0 Å². The lowest BCUT2D eigenvalue weighted by atomic mass is 10.3. The smallest absolute Gasteiger partial charge is 0.336 e. The van der Waals surface area contributed by atoms with Crippen LogP contribution in [0.5, 0.6) is 0 Å². The van der Waals surface area contributed by atoms with E-state index < -0.39 is 17.7 Å². The highest BCUT2D eigenvalue weighted by atomic mass is 19.4. The molecule has 0 saturated heterocycles. The van der Waals surface area contributed by atoms with Crippen molar-refractivity contribution in [1.82, 2.24) is 24.5 Å². The van der Waals surface area contributed by atoms with E-state index in [0.29, 0.717) is 0 Å². The van der Waals surface area contributed by atoms with Crippen LogP contribution in [0.4, 0.5) is 13.2 Å². The molecule has 0 fully saturated rings. The molecule has 9 heteroatoms. The molecule has 0 amide bonds. The van der Waals surface area contributed by atoms with E-state index in [0.717, 1.165) is 16.6 Å². The van der Waals surface area contributed by atoms with Crippen molar-refractivity contribution >= 4 is 5.78 Å². The summed E-state index contributed by atoms with van der Waals surface area (Å²) in [5, 5.41) is 6.68. The van der Waals surface area contributed by atoms with Crippen molar-refractivity contribution in [3.63, 3.8) is 0 Å². The van der Waals surface area contributed by atoms with Crippen molar-refractivity contribution in [1.29, 1.82) is 0 Å². The molecular formula is C9H8F3N5O. The van der Waals surface area contributed by atoms with Gasteiger partial charge in [-0.3, -0.25) is 4.79 Å². The number of aromatic nitrogens is 5. The molecule has 0 saturated carbocycles. The maximum absolute atomic E-state index is 12.1. The fourth-order valence-electron chi connectivity index (χ4n) is 1.33. The van der Waals surface area contributed by atoms with Crippen LogP contribution in [0.15, 0.2) is 18.7 Å². The molecular weight excluding hydrogens is 251 g/mol. The van der Waals surface area contributed by atoms with Crippen LogP contribution in [-0.4, -0.2) is 36.5 Å². The lowest BCUT2D eigenvalue weighted by Crippen LogP contribution is -2.23. The summed E-state index contributed by atoms with van der Waals surface area (Å²) >= 11 is 0. The zero-order chi connectivity index (χ0) is 13.3. The Morgan fingerprint density at radius 3 is 2.72 bits per heavy atom. The molecule has 0 spiro atoms. The van der Waals surface area contributed by atoms with Crippen molar-refractivity contribution in [3.8, 4) is 0 Å². The van der Waals surface area contributed by atoms with E-state index in [1.165, 1.54) is 0 Å². The largest absolute Gasteiger partial charge is 0.456 e. The second kappa shape index (κ2) is 4.24. The lowest BCUT2D eigenvalue weighted by molar-refractivity contribution is -0.0888. The van der Waals surface area contributed by atoms with Crippen molar-refractivity contribution in [3.05, 3.63) is 30.1 Å². The zero-order valence-electron chi connectivity index (χ0n) is 9.22. The van der Waals surface area contributed by atoms with Crippen LogP contribution in [-0.2, 0) is 13.6 Å². The van der Waals surface area contributed by atoms with Gasteiger partial charge >= 0.3 is 6.18 Å². The molecule has 0 atom stereocenters. The Hall–Kier alpha value is -2.19. The number of hydrogen-bond donors (Lipinski definition) is 0. The number of ketones is 1. The first-order valence-electron chi connectivity index (χ1n) is 4.85. The molecule has 0 aromatic carbocycles. The van der Waals surface area contributed by atoms with E-state index in [1.807, 2.05) is 0 Å². The van der Waals surface area contributed by atoms with Crippen molar-refractivity contribution < 1.29 is 18.0 Å². The van der Waals surface area contributed by atoms with Crippen molar-refractivity contribution in [2.24, 2.45) is 7.05 Å². The SMILES string of the molecule is Cn1cncc1Cn1cc(C(=O)C(F)(F)F)nn1. The molecule has 96 valence electrons. The Morgan fingerprint density at radius 2 is 2.17 bits per heavy atom. The standard InChI is InChI=1S/C9H8F3N5O/c1-16-5-13-2-6(16)3-17-4-7(14-15-17)8(18)9(10,11)12/h2,4-5H,3H2,1H3. The van der Waals surface area contributed by atoms with E-state index in [2.05, 4.69) is 15.3 Å². The van der Waals surface area contributed by atoms with Gasteiger partial charge in [0, 0.05) is 7.05 Å². The molecule has 0 bridgehead atoms. The summed E-state index contributed by atoms with van der Waals surface area (Å²) in [5.41, 5.74) is 0.00979. The van der Waals surface area contributed by atoms with Crippen LogP contribution in [0.1, 0.15) is 16.2 Å². The molecule has 2 heterocycles. The quantitative estimate of drug-likeness (QED) is 0.765. The first-order chi connectivity index (χ1) is 8.38. The molecule has 0 aliphatic heterocycles. The second-order valence-corrected chi connectivity index (χ2v) is 3.62. The molecule has 0 unspecified atom stereocenters.